The van der Waals surface area contributed by atoms with Crippen LogP contribution in [0, 0.1) is 0 Å². The van der Waals surface area contributed by atoms with Crippen LogP contribution in [0.1, 0.15) is 17.7 Å². The number of nitrogens with two attached hydrogens (primary N) is 1. The van der Waals surface area contributed by atoms with Crippen molar-refractivity contribution in [2.45, 2.75) is 19.3 Å². The third-order valence-electron chi connectivity index (χ3n) is 3.25. The van der Waals surface area contributed by atoms with Gasteiger partial charge in [-0.3, -0.25) is 0 Å². The molecule has 1 aromatic carbocycles. The Kier molecular flexibility index (Phi) is 3.69. The lowest BCUT2D eigenvalue weighted by molar-refractivity contribution is 0.794. The predicted molar refractivity (Wildman–Crippen MR) is 83.6 cm³/mol. The summed E-state index contributed by atoms with van der Waals surface area (Å²) < 4.78 is 2.51. The summed E-state index contributed by atoms with van der Waals surface area (Å²) in [7, 11) is 0. The number of benzene rings is 1. The third-order valence-corrected chi connectivity index (χ3v) is 3.81. The van der Waals surface area contributed by atoms with Crippen LogP contribution in [0.2, 0.25) is 0 Å². The van der Waals surface area contributed by atoms with E-state index >= 15 is 0 Å². The van der Waals surface area contributed by atoms with Crippen LogP contribution in [-0.2, 0) is 12.8 Å². The maximum atomic E-state index is 5.99. The second-order valence-corrected chi connectivity index (χ2v) is 5.59. The fourth-order valence-electron chi connectivity index (χ4n) is 2.26. The molecule has 0 saturated carbocycles. The molecule has 0 saturated heterocycles. The Hall–Kier alpha value is -1.88. The van der Waals surface area contributed by atoms with Crippen LogP contribution >= 0.6 is 15.9 Å². The van der Waals surface area contributed by atoms with E-state index in [4.69, 9.17) is 5.73 Å². The van der Waals surface area contributed by atoms with Gasteiger partial charge in [0, 0.05) is 11.8 Å². The van der Waals surface area contributed by atoms with Crippen molar-refractivity contribution < 1.29 is 0 Å². The summed E-state index contributed by atoms with van der Waals surface area (Å²) in [6.45, 7) is 0. The molecule has 0 aliphatic rings. The molecule has 2 N–H and O–H groups in total. The van der Waals surface area contributed by atoms with Gasteiger partial charge in [-0.05, 0) is 40.8 Å². The van der Waals surface area contributed by atoms with Gasteiger partial charge in [0.05, 0.1) is 10.7 Å². The highest BCUT2D eigenvalue weighted by molar-refractivity contribution is 9.10. The molecule has 0 bridgehead atoms. The highest BCUT2D eigenvalue weighted by Crippen LogP contribution is 2.19. The topological polar surface area (TPSA) is 56.2 Å². The number of hydrogen-bond acceptors (Lipinski definition) is 3. The highest BCUT2D eigenvalue weighted by Gasteiger charge is 2.07. The minimum atomic E-state index is 0.621. The van der Waals surface area contributed by atoms with Crippen molar-refractivity contribution in [2.24, 2.45) is 0 Å². The van der Waals surface area contributed by atoms with Crippen molar-refractivity contribution in [3.05, 3.63) is 58.3 Å². The molecule has 102 valence electrons. The van der Waals surface area contributed by atoms with Crippen molar-refractivity contribution in [1.29, 1.82) is 0 Å². The maximum Gasteiger partial charge on any atom is 0.171 e. The van der Waals surface area contributed by atoms with Crippen molar-refractivity contribution in [3.63, 3.8) is 0 Å². The van der Waals surface area contributed by atoms with E-state index in [-0.39, 0.29) is 0 Å². The molecule has 2 heterocycles. The van der Waals surface area contributed by atoms with Crippen LogP contribution in [0.25, 0.3) is 5.65 Å². The first kappa shape index (κ1) is 13.1. The third kappa shape index (κ3) is 2.67. The zero-order valence-corrected chi connectivity index (χ0v) is 12.5. The van der Waals surface area contributed by atoms with Crippen LogP contribution in [0.3, 0.4) is 0 Å². The number of aromatic nitrogens is 3. The Bertz CT molecular complexity index is 721. The van der Waals surface area contributed by atoms with Gasteiger partial charge < -0.3 is 5.73 Å². The molecule has 3 aromatic rings. The molecule has 0 amide bonds. The molecule has 0 spiro atoms. The number of anilines is 1. The van der Waals surface area contributed by atoms with Gasteiger partial charge >= 0.3 is 0 Å². The molecule has 0 fully saturated rings. The summed E-state index contributed by atoms with van der Waals surface area (Å²) in [4.78, 5) is 4.60. The average molecular weight is 331 g/mol. The van der Waals surface area contributed by atoms with Crippen LogP contribution in [0.4, 0.5) is 5.82 Å². The number of fused-ring (bicyclic) bond motifs is 1. The van der Waals surface area contributed by atoms with Crippen molar-refractivity contribution in [2.75, 3.05) is 5.73 Å². The number of halogens is 1. The molecule has 0 unspecified atom stereocenters. The van der Waals surface area contributed by atoms with Crippen molar-refractivity contribution in [1.82, 2.24) is 14.6 Å². The van der Waals surface area contributed by atoms with Gasteiger partial charge in [-0.15, -0.1) is 0 Å². The monoisotopic (exact) mass is 330 g/mol. The van der Waals surface area contributed by atoms with Crippen molar-refractivity contribution in [3.8, 4) is 0 Å². The van der Waals surface area contributed by atoms with Crippen LogP contribution in [-0.4, -0.2) is 14.6 Å². The zero-order valence-electron chi connectivity index (χ0n) is 11.0. The van der Waals surface area contributed by atoms with E-state index in [0.717, 1.165) is 35.1 Å². The van der Waals surface area contributed by atoms with E-state index in [0.29, 0.717) is 5.82 Å². The molecule has 5 heteroatoms. The number of hydrogen-bond donors (Lipinski definition) is 1. The molecule has 0 aliphatic carbocycles. The predicted octanol–water partition coefficient (Wildman–Crippen LogP) is 3.25. The van der Waals surface area contributed by atoms with Gasteiger partial charge in [0.2, 0.25) is 0 Å². The van der Waals surface area contributed by atoms with E-state index in [1.54, 1.807) is 10.7 Å². The molecule has 3 rings (SSSR count). The normalized spacial score (nSPS) is 11.1. The first-order valence-corrected chi connectivity index (χ1v) is 7.36. The van der Waals surface area contributed by atoms with Gasteiger partial charge in [0.1, 0.15) is 5.82 Å². The van der Waals surface area contributed by atoms with Gasteiger partial charge in [-0.1, -0.05) is 30.3 Å². The second kappa shape index (κ2) is 5.63. The summed E-state index contributed by atoms with van der Waals surface area (Å²) >= 11 is 3.44. The van der Waals surface area contributed by atoms with E-state index in [1.165, 1.54) is 5.56 Å². The lowest BCUT2D eigenvalue weighted by Gasteiger charge is -2.05. The molecule has 20 heavy (non-hydrogen) atoms. The summed E-state index contributed by atoms with van der Waals surface area (Å²) in [5.74, 6) is 0.621. The largest absolute Gasteiger partial charge is 0.384 e. The molecule has 4 nitrogen and oxygen atoms in total. The summed E-state index contributed by atoms with van der Waals surface area (Å²) in [6.07, 6.45) is 4.73. The molecular weight excluding hydrogens is 316 g/mol. The van der Waals surface area contributed by atoms with Gasteiger partial charge in [-0.2, -0.15) is 9.61 Å². The SMILES string of the molecule is Nc1cc(CCCc2ccccc2)nc2c(Br)cnn12. The molecule has 2 aromatic heterocycles. The lowest BCUT2D eigenvalue weighted by atomic mass is 10.1. The van der Waals surface area contributed by atoms with Crippen LogP contribution in [0.15, 0.2) is 47.1 Å². The Balaban J connectivity index is 1.73. The first-order chi connectivity index (χ1) is 9.74. The van der Waals surface area contributed by atoms with E-state index in [9.17, 15) is 0 Å². The van der Waals surface area contributed by atoms with Gasteiger partial charge in [0.25, 0.3) is 0 Å². The molecule has 0 radical (unpaired) electrons. The smallest absolute Gasteiger partial charge is 0.171 e. The van der Waals surface area contributed by atoms with E-state index in [2.05, 4.69) is 50.3 Å². The van der Waals surface area contributed by atoms with E-state index < -0.39 is 0 Å². The van der Waals surface area contributed by atoms with Gasteiger partial charge in [-0.25, -0.2) is 4.98 Å². The molecule has 0 atom stereocenters. The Labute approximate surface area is 125 Å². The Morgan fingerprint density at radius 2 is 1.95 bits per heavy atom. The Morgan fingerprint density at radius 1 is 1.15 bits per heavy atom. The zero-order chi connectivity index (χ0) is 13.9. The number of aryl methyl sites for hydroxylation is 2. The van der Waals surface area contributed by atoms with Crippen molar-refractivity contribution >= 4 is 27.4 Å². The minimum Gasteiger partial charge on any atom is -0.384 e. The quantitative estimate of drug-likeness (QED) is 0.798. The second-order valence-electron chi connectivity index (χ2n) is 4.74. The summed E-state index contributed by atoms with van der Waals surface area (Å²) in [5.41, 5.74) is 9.13. The molecule has 0 aliphatic heterocycles. The highest BCUT2D eigenvalue weighted by atomic mass is 79.9. The summed E-state index contributed by atoms with van der Waals surface area (Å²) in [6, 6.07) is 12.4. The standard InChI is InChI=1S/C15H15BrN4/c16-13-10-18-20-14(17)9-12(19-15(13)20)8-4-7-11-5-2-1-3-6-11/h1-3,5-6,9-10H,4,7-8,17H2. The van der Waals surface area contributed by atoms with E-state index in [1.807, 2.05) is 12.1 Å². The van der Waals surface area contributed by atoms with Gasteiger partial charge in [0.15, 0.2) is 5.65 Å². The van der Waals surface area contributed by atoms with Crippen LogP contribution < -0.4 is 5.73 Å². The summed E-state index contributed by atoms with van der Waals surface area (Å²) in [5, 5.41) is 4.17. The minimum absolute atomic E-state index is 0.621. The van der Waals surface area contributed by atoms with Crippen LogP contribution in [0.5, 0.6) is 0 Å². The maximum absolute atomic E-state index is 5.99. The first-order valence-electron chi connectivity index (χ1n) is 6.56. The average Bonchev–Trinajstić information content (AvgIpc) is 2.82. The number of nitrogen functional groups attached to an aromatic ring is 1. The Morgan fingerprint density at radius 3 is 2.75 bits per heavy atom. The lowest BCUT2D eigenvalue weighted by Crippen LogP contribution is -2.03. The number of nitrogens with zero attached hydrogens (tertiary/aromatic N) is 3. The molecular formula is C15H15BrN4. The number of rotatable bonds is 4. The fourth-order valence-corrected chi connectivity index (χ4v) is 2.61. The fraction of sp³-hybridized carbons (Fsp3) is 0.200.